The lowest BCUT2D eigenvalue weighted by molar-refractivity contribution is -0.125. The summed E-state index contributed by atoms with van der Waals surface area (Å²) in [5.41, 5.74) is 2.23. The van der Waals surface area contributed by atoms with Gasteiger partial charge in [0, 0.05) is 45.2 Å². The SMILES string of the molecule is CCn1c(N2CCC(C(=O)NCCCN3CCOCC3)CC2)nc2ccccc21. The normalized spacial score (nSPS) is 19.0. The minimum absolute atomic E-state index is 0.120. The minimum atomic E-state index is 0.120. The van der Waals surface area contributed by atoms with Gasteiger partial charge in [-0.1, -0.05) is 12.1 Å². The second kappa shape index (κ2) is 9.59. The van der Waals surface area contributed by atoms with Crippen LogP contribution in [0.15, 0.2) is 24.3 Å². The highest BCUT2D eigenvalue weighted by Crippen LogP contribution is 2.27. The monoisotopic (exact) mass is 399 g/mol. The van der Waals surface area contributed by atoms with Crippen molar-refractivity contribution in [2.24, 2.45) is 5.92 Å². The van der Waals surface area contributed by atoms with Crippen molar-refractivity contribution in [3.8, 4) is 0 Å². The van der Waals surface area contributed by atoms with E-state index in [1.54, 1.807) is 0 Å². The van der Waals surface area contributed by atoms with E-state index in [4.69, 9.17) is 9.72 Å². The fourth-order valence-electron chi connectivity index (χ4n) is 4.44. The van der Waals surface area contributed by atoms with Crippen molar-refractivity contribution in [3.63, 3.8) is 0 Å². The zero-order chi connectivity index (χ0) is 20.1. The van der Waals surface area contributed by atoms with E-state index in [9.17, 15) is 4.79 Å². The first kappa shape index (κ1) is 20.2. The summed E-state index contributed by atoms with van der Waals surface area (Å²) in [6, 6.07) is 8.30. The van der Waals surface area contributed by atoms with Crippen molar-refractivity contribution < 1.29 is 9.53 Å². The zero-order valence-corrected chi connectivity index (χ0v) is 17.5. The molecule has 0 saturated carbocycles. The van der Waals surface area contributed by atoms with E-state index < -0.39 is 0 Å². The molecule has 2 fully saturated rings. The zero-order valence-electron chi connectivity index (χ0n) is 17.5. The first-order valence-electron chi connectivity index (χ1n) is 11.0. The molecule has 0 atom stereocenters. The van der Waals surface area contributed by atoms with Gasteiger partial charge in [-0.15, -0.1) is 0 Å². The highest BCUT2D eigenvalue weighted by atomic mass is 16.5. The van der Waals surface area contributed by atoms with E-state index in [1.807, 2.05) is 6.07 Å². The molecular formula is C22H33N5O2. The topological polar surface area (TPSA) is 62.6 Å². The molecule has 2 aliphatic heterocycles. The number of carbonyl (C=O) groups is 1. The first-order valence-corrected chi connectivity index (χ1v) is 11.0. The molecule has 4 rings (SSSR count). The lowest BCUT2D eigenvalue weighted by atomic mass is 9.96. The number of morpholine rings is 1. The van der Waals surface area contributed by atoms with Crippen LogP contribution in [0.2, 0.25) is 0 Å². The number of anilines is 1. The van der Waals surface area contributed by atoms with Gasteiger partial charge in [-0.3, -0.25) is 9.69 Å². The Morgan fingerprint density at radius 1 is 1.17 bits per heavy atom. The third-order valence-corrected chi connectivity index (χ3v) is 6.15. The maximum absolute atomic E-state index is 12.6. The third kappa shape index (κ3) is 4.73. The molecule has 1 aromatic carbocycles. The number of nitrogens with one attached hydrogen (secondary N) is 1. The summed E-state index contributed by atoms with van der Waals surface area (Å²) in [5, 5.41) is 3.15. The lowest BCUT2D eigenvalue weighted by Gasteiger charge is -2.32. The van der Waals surface area contributed by atoms with Crippen molar-refractivity contribution in [1.29, 1.82) is 0 Å². The number of nitrogens with zero attached hydrogens (tertiary/aromatic N) is 4. The fraction of sp³-hybridized carbons (Fsp3) is 0.636. The Balaban J connectivity index is 1.24. The third-order valence-electron chi connectivity index (χ3n) is 6.15. The minimum Gasteiger partial charge on any atom is -0.379 e. The van der Waals surface area contributed by atoms with E-state index >= 15 is 0 Å². The number of para-hydroxylation sites is 2. The molecule has 7 heteroatoms. The molecule has 29 heavy (non-hydrogen) atoms. The van der Waals surface area contributed by atoms with Crippen molar-refractivity contribution >= 4 is 22.9 Å². The summed E-state index contributed by atoms with van der Waals surface area (Å²) in [7, 11) is 0. The maximum Gasteiger partial charge on any atom is 0.223 e. The first-order chi connectivity index (χ1) is 14.3. The van der Waals surface area contributed by atoms with Crippen LogP contribution in [0.25, 0.3) is 11.0 Å². The van der Waals surface area contributed by atoms with Gasteiger partial charge in [0.05, 0.1) is 24.2 Å². The number of ether oxygens (including phenoxy) is 1. The van der Waals surface area contributed by atoms with Gasteiger partial charge in [0.1, 0.15) is 0 Å². The van der Waals surface area contributed by atoms with Gasteiger partial charge in [0.15, 0.2) is 0 Å². The molecule has 2 saturated heterocycles. The predicted octanol–water partition coefficient (Wildman–Crippen LogP) is 2.11. The molecule has 0 unspecified atom stereocenters. The number of rotatable bonds is 7. The van der Waals surface area contributed by atoms with E-state index in [0.29, 0.717) is 0 Å². The smallest absolute Gasteiger partial charge is 0.223 e. The Morgan fingerprint density at radius 2 is 1.93 bits per heavy atom. The number of hydrogen-bond donors (Lipinski definition) is 1. The van der Waals surface area contributed by atoms with Crippen molar-refractivity contribution in [2.75, 3.05) is 57.4 Å². The second-order valence-corrected chi connectivity index (χ2v) is 8.00. The van der Waals surface area contributed by atoms with Gasteiger partial charge in [-0.05, 0) is 44.9 Å². The molecule has 0 spiro atoms. The van der Waals surface area contributed by atoms with Crippen LogP contribution in [-0.2, 0) is 16.1 Å². The van der Waals surface area contributed by atoms with Crippen LogP contribution >= 0.6 is 0 Å². The molecular weight excluding hydrogens is 366 g/mol. The van der Waals surface area contributed by atoms with Gasteiger partial charge in [-0.2, -0.15) is 0 Å². The van der Waals surface area contributed by atoms with Crippen molar-refractivity contribution in [2.45, 2.75) is 32.7 Å². The summed E-state index contributed by atoms with van der Waals surface area (Å²) < 4.78 is 7.65. The largest absolute Gasteiger partial charge is 0.379 e. The molecule has 2 aromatic rings. The Morgan fingerprint density at radius 3 is 2.69 bits per heavy atom. The number of piperidine rings is 1. The molecule has 2 aliphatic rings. The van der Waals surface area contributed by atoms with Gasteiger partial charge < -0.3 is 19.5 Å². The molecule has 0 radical (unpaired) electrons. The van der Waals surface area contributed by atoms with Gasteiger partial charge in [0.25, 0.3) is 0 Å². The standard InChI is InChI=1S/C22H33N5O2/c1-2-27-20-7-4-3-6-19(20)24-22(27)26-12-8-18(9-13-26)21(28)23-10-5-11-25-14-16-29-17-15-25/h3-4,6-7,18H,2,5,8-17H2,1H3,(H,23,28). The molecule has 0 bridgehead atoms. The van der Waals surface area contributed by atoms with E-state index in [2.05, 4.69) is 44.8 Å². The maximum atomic E-state index is 12.6. The summed E-state index contributed by atoms with van der Waals surface area (Å²) in [6.45, 7) is 10.3. The van der Waals surface area contributed by atoms with Crippen molar-refractivity contribution in [3.05, 3.63) is 24.3 Å². The van der Waals surface area contributed by atoms with E-state index in [0.717, 1.165) is 89.8 Å². The second-order valence-electron chi connectivity index (χ2n) is 8.00. The number of benzene rings is 1. The summed E-state index contributed by atoms with van der Waals surface area (Å²) >= 11 is 0. The average Bonchev–Trinajstić information content (AvgIpc) is 3.16. The molecule has 1 aromatic heterocycles. The van der Waals surface area contributed by atoms with Crippen LogP contribution in [0.1, 0.15) is 26.2 Å². The summed E-state index contributed by atoms with van der Waals surface area (Å²) in [5.74, 6) is 1.38. The number of imidazole rings is 1. The van der Waals surface area contributed by atoms with Crippen LogP contribution < -0.4 is 10.2 Å². The number of amides is 1. The highest BCUT2D eigenvalue weighted by Gasteiger charge is 2.27. The average molecular weight is 400 g/mol. The Kier molecular flexibility index (Phi) is 6.67. The van der Waals surface area contributed by atoms with Gasteiger partial charge in [-0.25, -0.2) is 4.98 Å². The highest BCUT2D eigenvalue weighted by molar-refractivity contribution is 5.80. The van der Waals surface area contributed by atoms with Crippen LogP contribution in [0.5, 0.6) is 0 Å². The molecule has 0 aliphatic carbocycles. The molecule has 7 nitrogen and oxygen atoms in total. The lowest BCUT2D eigenvalue weighted by Crippen LogP contribution is -2.42. The fourth-order valence-corrected chi connectivity index (χ4v) is 4.44. The number of carbonyl (C=O) groups excluding carboxylic acids is 1. The molecule has 158 valence electrons. The number of fused-ring (bicyclic) bond motifs is 1. The molecule has 3 heterocycles. The Hall–Kier alpha value is -2.12. The van der Waals surface area contributed by atoms with E-state index in [1.165, 1.54) is 5.52 Å². The van der Waals surface area contributed by atoms with Crippen LogP contribution in [0, 0.1) is 5.92 Å². The number of hydrogen-bond acceptors (Lipinski definition) is 5. The van der Waals surface area contributed by atoms with Gasteiger partial charge >= 0.3 is 0 Å². The number of aromatic nitrogens is 2. The van der Waals surface area contributed by atoms with Crippen LogP contribution in [-0.4, -0.2) is 72.8 Å². The number of aryl methyl sites for hydroxylation is 1. The van der Waals surface area contributed by atoms with Crippen molar-refractivity contribution in [1.82, 2.24) is 19.8 Å². The Bertz CT molecular complexity index is 807. The van der Waals surface area contributed by atoms with Crippen LogP contribution in [0.4, 0.5) is 5.95 Å². The molecule has 1 amide bonds. The molecule has 1 N–H and O–H groups in total. The predicted molar refractivity (Wildman–Crippen MR) is 115 cm³/mol. The summed E-state index contributed by atoms with van der Waals surface area (Å²) in [6.07, 6.45) is 2.79. The van der Waals surface area contributed by atoms with Crippen LogP contribution in [0.3, 0.4) is 0 Å². The van der Waals surface area contributed by atoms with Gasteiger partial charge in [0.2, 0.25) is 11.9 Å². The summed E-state index contributed by atoms with van der Waals surface area (Å²) in [4.78, 5) is 22.2. The quantitative estimate of drug-likeness (QED) is 0.723. The Labute approximate surface area is 173 Å². The van der Waals surface area contributed by atoms with E-state index in [-0.39, 0.29) is 11.8 Å².